The topological polar surface area (TPSA) is 47.0 Å². The first-order valence-electron chi connectivity index (χ1n) is 9.63. The smallest absolute Gasteiger partial charge is 0.264 e. The molecular formula is C19H29N3O2S. The van der Waals surface area contributed by atoms with Crippen molar-refractivity contribution in [1.29, 1.82) is 0 Å². The predicted molar refractivity (Wildman–Crippen MR) is 100 cm³/mol. The van der Waals surface area contributed by atoms with Gasteiger partial charge in [0.05, 0.1) is 17.0 Å². The number of nitrogens with zero attached hydrogens (tertiary/aromatic N) is 3. The van der Waals surface area contributed by atoms with Crippen LogP contribution < -0.4 is 0 Å². The van der Waals surface area contributed by atoms with E-state index in [1.807, 2.05) is 4.90 Å². The summed E-state index contributed by atoms with van der Waals surface area (Å²) in [6.45, 7) is 5.16. The predicted octanol–water partition coefficient (Wildman–Crippen LogP) is 1.45. The molecule has 1 aromatic heterocycles. The third-order valence-electron chi connectivity index (χ3n) is 6.01. The van der Waals surface area contributed by atoms with Gasteiger partial charge in [-0.15, -0.1) is 11.3 Å². The number of aliphatic hydroxyl groups excluding tert-OH is 1. The van der Waals surface area contributed by atoms with Gasteiger partial charge in [0.1, 0.15) is 0 Å². The minimum absolute atomic E-state index is 0.0930. The number of carbonyl (C=O) groups excluding carboxylic acids is 1. The van der Waals surface area contributed by atoms with Crippen LogP contribution in [0.25, 0.3) is 0 Å². The molecule has 2 aliphatic heterocycles. The van der Waals surface area contributed by atoms with Gasteiger partial charge in [0, 0.05) is 44.1 Å². The maximum absolute atomic E-state index is 13.0. The van der Waals surface area contributed by atoms with E-state index in [9.17, 15) is 9.90 Å². The molecule has 6 heteroatoms. The van der Waals surface area contributed by atoms with Crippen molar-refractivity contribution in [3.8, 4) is 0 Å². The molecular weight excluding hydrogens is 334 g/mol. The second-order valence-corrected chi connectivity index (χ2v) is 8.94. The van der Waals surface area contributed by atoms with Gasteiger partial charge >= 0.3 is 0 Å². The van der Waals surface area contributed by atoms with E-state index in [0.29, 0.717) is 13.1 Å². The zero-order valence-electron chi connectivity index (χ0n) is 15.1. The summed E-state index contributed by atoms with van der Waals surface area (Å²) in [7, 11) is 2.14. The van der Waals surface area contributed by atoms with Gasteiger partial charge in [0.2, 0.25) is 0 Å². The summed E-state index contributed by atoms with van der Waals surface area (Å²) < 4.78 is 0. The first-order valence-corrected chi connectivity index (χ1v) is 10.4. The summed E-state index contributed by atoms with van der Waals surface area (Å²) in [5, 5.41) is 10.5. The van der Waals surface area contributed by atoms with Gasteiger partial charge in [-0.25, -0.2) is 0 Å². The monoisotopic (exact) mass is 363 g/mol. The van der Waals surface area contributed by atoms with Crippen molar-refractivity contribution in [2.75, 3.05) is 46.3 Å². The molecule has 25 heavy (non-hydrogen) atoms. The molecule has 1 aliphatic carbocycles. The van der Waals surface area contributed by atoms with E-state index in [1.165, 1.54) is 29.7 Å². The zero-order chi connectivity index (χ0) is 17.4. The number of hydrogen-bond donors (Lipinski definition) is 1. The molecule has 3 heterocycles. The van der Waals surface area contributed by atoms with Gasteiger partial charge in [0.15, 0.2) is 0 Å². The lowest BCUT2D eigenvalue weighted by Crippen LogP contribution is -2.52. The highest BCUT2D eigenvalue weighted by atomic mass is 32.1. The molecule has 5 nitrogen and oxygen atoms in total. The maximum Gasteiger partial charge on any atom is 0.264 e. The Kier molecular flexibility index (Phi) is 5.13. The van der Waals surface area contributed by atoms with E-state index in [0.717, 1.165) is 43.9 Å². The van der Waals surface area contributed by atoms with E-state index < -0.39 is 6.10 Å². The molecule has 0 radical (unpaired) electrons. The third kappa shape index (κ3) is 3.63. The molecule has 0 spiro atoms. The number of carbonyl (C=O) groups is 1. The summed E-state index contributed by atoms with van der Waals surface area (Å²) in [4.78, 5) is 21.8. The molecule has 138 valence electrons. The lowest BCUT2D eigenvalue weighted by atomic mass is 10.1. The molecule has 0 aromatic carbocycles. The van der Waals surface area contributed by atoms with Crippen LogP contribution in [0.15, 0.2) is 6.07 Å². The molecule has 2 fully saturated rings. The Morgan fingerprint density at radius 3 is 2.68 bits per heavy atom. The Morgan fingerprint density at radius 2 is 1.88 bits per heavy atom. The summed E-state index contributed by atoms with van der Waals surface area (Å²) in [5.74, 6) is 0.119. The van der Waals surface area contributed by atoms with Gasteiger partial charge in [0.25, 0.3) is 5.91 Å². The number of aliphatic hydroxyl groups is 1. The quantitative estimate of drug-likeness (QED) is 0.808. The van der Waals surface area contributed by atoms with Crippen LogP contribution in [-0.2, 0) is 12.8 Å². The number of likely N-dealkylation sites (N-methyl/N-ethyl adjacent to an activating group) is 1. The van der Waals surface area contributed by atoms with E-state index >= 15 is 0 Å². The fraction of sp³-hybridized carbons (Fsp3) is 0.737. The van der Waals surface area contributed by atoms with Gasteiger partial charge < -0.3 is 14.9 Å². The molecule has 0 saturated carbocycles. The van der Waals surface area contributed by atoms with E-state index in [2.05, 4.69) is 22.9 Å². The molecule has 0 unspecified atom stereocenters. The van der Waals surface area contributed by atoms with Crippen molar-refractivity contribution in [2.24, 2.45) is 0 Å². The van der Waals surface area contributed by atoms with Crippen molar-refractivity contribution in [2.45, 2.75) is 44.2 Å². The first kappa shape index (κ1) is 17.5. The van der Waals surface area contributed by atoms with Crippen molar-refractivity contribution >= 4 is 17.2 Å². The maximum atomic E-state index is 13.0. The summed E-state index contributed by atoms with van der Waals surface area (Å²) in [5.41, 5.74) is 1.39. The Bertz CT molecular complexity index is 601. The minimum atomic E-state index is -0.426. The molecule has 2 saturated heterocycles. The van der Waals surface area contributed by atoms with Crippen LogP contribution in [-0.4, -0.2) is 84.2 Å². The van der Waals surface area contributed by atoms with Gasteiger partial charge in [-0.1, -0.05) is 6.42 Å². The third-order valence-corrected chi connectivity index (χ3v) is 7.24. The average molecular weight is 364 g/mol. The van der Waals surface area contributed by atoms with Crippen LogP contribution in [0, 0.1) is 0 Å². The van der Waals surface area contributed by atoms with Gasteiger partial charge in [-0.2, -0.15) is 0 Å². The average Bonchev–Trinajstić information content (AvgIpc) is 3.12. The van der Waals surface area contributed by atoms with Crippen molar-refractivity contribution in [3.05, 3.63) is 21.4 Å². The number of thiophene rings is 1. The highest BCUT2D eigenvalue weighted by Gasteiger charge is 2.39. The highest BCUT2D eigenvalue weighted by Crippen LogP contribution is 2.30. The summed E-state index contributed by atoms with van der Waals surface area (Å²) >= 11 is 1.69. The zero-order valence-corrected chi connectivity index (χ0v) is 15.9. The van der Waals surface area contributed by atoms with Crippen LogP contribution in [0.5, 0.6) is 0 Å². The number of aryl methyl sites for hydroxylation is 2. The van der Waals surface area contributed by atoms with Crippen molar-refractivity contribution in [1.82, 2.24) is 14.7 Å². The second-order valence-electron chi connectivity index (χ2n) is 7.80. The lowest BCUT2D eigenvalue weighted by Gasteiger charge is -2.37. The molecule has 1 aromatic rings. The second kappa shape index (κ2) is 7.35. The Labute approximate surface area is 154 Å². The van der Waals surface area contributed by atoms with Gasteiger partial charge in [-0.05, 0) is 44.4 Å². The first-order chi connectivity index (χ1) is 12.1. The van der Waals surface area contributed by atoms with Crippen LogP contribution in [0.3, 0.4) is 0 Å². The number of likely N-dealkylation sites (tertiary alicyclic amines) is 1. The number of piperazine rings is 1. The number of β-amino-alcohol motifs (C(OH)–C–C–N with tert-alkyl or cyclic N) is 1. The van der Waals surface area contributed by atoms with E-state index in [-0.39, 0.29) is 11.9 Å². The standard InChI is InChI=1S/C19H29N3O2S/c1-20-7-9-21(10-8-20)15-12-22(13-16(15)23)19(24)18-11-14-5-3-2-4-6-17(14)25-18/h11,15-16,23H,2-10,12-13H2,1H3/t15-,16-/m0/s1. The molecule has 2 atom stereocenters. The van der Waals surface area contributed by atoms with Crippen molar-refractivity contribution in [3.63, 3.8) is 0 Å². The number of rotatable bonds is 2. The molecule has 0 bridgehead atoms. The molecule has 4 rings (SSSR count). The van der Waals surface area contributed by atoms with Crippen LogP contribution >= 0.6 is 11.3 Å². The molecule has 1 amide bonds. The van der Waals surface area contributed by atoms with Gasteiger partial charge in [-0.3, -0.25) is 9.69 Å². The van der Waals surface area contributed by atoms with Crippen LogP contribution in [0.2, 0.25) is 0 Å². The Morgan fingerprint density at radius 1 is 1.12 bits per heavy atom. The number of fused-ring (bicyclic) bond motifs is 1. The summed E-state index contributed by atoms with van der Waals surface area (Å²) in [6.07, 6.45) is 5.60. The number of amides is 1. The number of hydrogen-bond acceptors (Lipinski definition) is 5. The van der Waals surface area contributed by atoms with E-state index in [1.54, 1.807) is 11.3 Å². The normalized spacial score (nSPS) is 28.8. The molecule has 1 N–H and O–H groups in total. The van der Waals surface area contributed by atoms with Crippen LogP contribution in [0.4, 0.5) is 0 Å². The lowest BCUT2D eigenvalue weighted by molar-refractivity contribution is 0.0512. The Hall–Kier alpha value is -0.950. The SMILES string of the molecule is CN1CCN([C@H]2CN(C(=O)c3cc4c(s3)CCCCC4)C[C@@H]2O)CC1. The highest BCUT2D eigenvalue weighted by molar-refractivity contribution is 7.14. The van der Waals surface area contributed by atoms with Crippen LogP contribution in [0.1, 0.15) is 39.4 Å². The van der Waals surface area contributed by atoms with E-state index in [4.69, 9.17) is 0 Å². The molecule has 3 aliphatic rings. The fourth-order valence-corrected chi connectivity index (χ4v) is 5.60. The van der Waals surface area contributed by atoms with Crippen molar-refractivity contribution < 1.29 is 9.90 Å². The fourth-order valence-electron chi connectivity index (χ4n) is 4.38. The minimum Gasteiger partial charge on any atom is -0.390 e. The Balaban J connectivity index is 1.43. The largest absolute Gasteiger partial charge is 0.390 e. The summed E-state index contributed by atoms with van der Waals surface area (Å²) in [6, 6.07) is 2.22.